The smallest absolute Gasteiger partial charge is 0.143 e. The maximum atomic E-state index is 9.99. The van der Waals surface area contributed by atoms with Gasteiger partial charge in [-0.15, -0.1) is 0 Å². The lowest BCUT2D eigenvalue weighted by atomic mass is 9.81. The molecule has 1 heteroatoms. The van der Waals surface area contributed by atoms with Gasteiger partial charge in [0.1, 0.15) is 11.2 Å². The Morgan fingerprint density at radius 3 is 1.49 bits per heavy atom. The molecule has 11 aromatic rings. The minimum absolute atomic E-state index is 0.517. The predicted octanol–water partition coefficient (Wildman–Crippen LogP) is 14.4. The zero-order chi connectivity index (χ0) is 59.6. The summed E-state index contributed by atoms with van der Waals surface area (Å²) in [5, 5.41) is -8.70. The molecule has 236 valence electrons. The molecule has 1 heterocycles. The molecule has 0 bridgehead atoms. The first-order valence-electron chi connectivity index (χ1n) is 30.2. The fourth-order valence-electron chi connectivity index (χ4n) is 6.62. The van der Waals surface area contributed by atoms with E-state index < -0.39 is 290 Å². The molecule has 0 radical (unpaired) electrons. The van der Waals surface area contributed by atoms with Crippen LogP contribution in [-0.4, -0.2) is 0 Å². The lowest BCUT2D eigenvalue weighted by molar-refractivity contribution is 0.673. The van der Waals surface area contributed by atoms with Crippen LogP contribution in [0.1, 0.15) is 41.1 Å². The predicted molar refractivity (Wildman–Crippen MR) is 218 cm³/mol. The molecule has 0 fully saturated rings. The maximum Gasteiger partial charge on any atom is 0.143 e. The number of hydrogen-bond donors (Lipinski definition) is 0. The Morgan fingerprint density at radius 2 is 0.784 bits per heavy atom. The van der Waals surface area contributed by atoms with Crippen LogP contribution in [0.5, 0.6) is 0 Å². The van der Waals surface area contributed by atoms with Crippen LogP contribution in [0, 0.1) is 0 Å². The van der Waals surface area contributed by atoms with E-state index in [1.807, 2.05) is 0 Å². The molecule has 0 unspecified atom stereocenters. The fraction of sp³-hybridized carbons (Fsp3) is 0. The molecule has 51 heavy (non-hydrogen) atoms. The Labute approximate surface area is 336 Å². The van der Waals surface area contributed by atoms with E-state index in [4.69, 9.17) is 27.7 Å². The second-order valence-electron chi connectivity index (χ2n) is 11.3. The molecule has 0 saturated carbocycles. The molecular formula is C50H30O. The highest BCUT2D eigenvalue weighted by Gasteiger charge is 2.23. The average Bonchev–Trinajstić information content (AvgIpc) is 4.09. The molecule has 0 amide bonds. The third kappa shape index (κ3) is 4.09. The minimum atomic E-state index is -1.13. The van der Waals surface area contributed by atoms with Crippen molar-refractivity contribution in [3.8, 4) is 33.4 Å². The number of fused-ring (bicyclic) bond motifs is 9. The van der Waals surface area contributed by atoms with Crippen LogP contribution < -0.4 is 0 Å². The molecule has 0 N–H and O–H groups in total. The molecule has 10 aromatic carbocycles. The Bertz CT molecular complexity index is 4840. The molecule has 1 aromatic heterocycles. The molecule has 0 atom stereocenters. The van der Waals surface area contributed by atoms with E-state index in [-0.39, 0.29) is 0 Å². The van der Waals surface area contributed by atoms with Gasteiger partial charge in [-0.1, -0.05) is 169 Å². The Kier molecular flexibility index (Phi) is 2.50. The lowest BCUT2D eigenvalue weighted by Gasteiger charge is -2.22. The SMILES string of the molecule is [2H]c1c([2H])c(-c2c([2H])c([2H])c3c([2H])c([2H])c([2H])c([2H])c3c2-c2c3c([2H])c([2H])c([2H])c([2H])c3c(-c3c([2H])c([2H])c([2H])c4c([2H])c([2H])c([2H])c([2H])c34)c3c([2H])c([2H])c([2H])c([2H])c23)c2c(oc3c4c([2H])c([2H])c([2H])c([2H])c4c([2H])c([2H])c32)c1[2H]. The summed E-state index contributed by atoms with van der Waals surface area (Å²) in [6, 6.07) is -29.6. The van der Waals surface area contributed by atoms with E-state index in [1.54, 1.807) is 0 Å². The van der Waals surface area contributed by atoms with E-state index in [0.29, 0.717) is 0 Å². The molecule has 11 rings (SSSR count). The lowest BCUT2D eigenvalue weighted by Crippen LogP contribution is -1.94. The second kappa shape index (κ2) is 10.9. The quantitative estimate of drug-likeness (QED) is 0.170. The van der Waals surface area contributed by atoms with E-state index in [2.05, 4.69) is 0 Å². The summed E-state index contributed by atoms with van der Waals surface area (Å²) in [7, 11) is 0. The van der Waals surface area contributed by atoms with E-state index >= 15 is 0 Å². The van der Waals surface area contributed by atoms with Crippen molar-refractivity contribution in [2.75, 3.05) is 0 Å². The van der Waals surface area contributed by atoms with Crippen LogP contribution in [0.2, 0.25) is 0 Å². The zero-order valence-electron chi connectivity index (χ0n) is 55.4. The molecule has 0 aliphatic carbocycles. The van der Waals surface area contributed by atoms with Crippen LogP contribution in [0.3, 0.4) is 0 Å². The number of benzene rings is 10. The Balaban J connectivity index is 1.56. The monoisotopic (exact) mass is 676 g/mol. The highest BCUT2D eigenvalue weighted by Crippen LogP contribution is 2.50. The van der Waals surface area contributed by atoms with Gasteiger partial charge in [-0.3, -0.25) is 0 Å². The van der Waals surface area contributed by atoms with Crippen LogP contribution >= 0.6 is 0 Å². The molecule has 1 nitrogen and oxygen atoms in total. The van der Waals surface area contributed by atoms with E-state index in [9.17, 15) is 17.8 Å². The summed E-state index contributed by atoms with van der Waals surface area (Å²) in [5.74, 6) is 0. The van der Waals surface area contributed by atoms with Gasteiger partial charge in [-0.2, -0.15) is 0 Å². The van der Waals surface area contributed by atoms with Crippen molar-refractivity contribution in [1.29, 1.82) is 0 Å². The van der Waals surface area contributed by atoms with Crippen LogP contribution in [-0.2, 0) is 0 Å². The number of rotatable bonds is 3. The van der Waals surface area contributed by atoms with Gasteiger partial charge in [0.25, 0.3) is 0 Å². The first-order valence-corrected chi connectivity index (χ1v) is 15.2. The van der Waals surface area contributed by atoms with E-state index in [1.165, 1.54) is 0 Å². The van der Waals surface area contributed by atoms with Crippen molar-refractivity contribution >= 4 is 75.8 Å². The maximum absolute atomic E-state index is 9.99. The number of hydrogen-bond acceptors (Lipinski definition) is 1. The Morgan fingerprint density at radius 1 is 0.294 bits per heavy atom. The van der Waals surface area contributed by atoms with Crippen LogP contribution in [0.25, 0.3) is 109 Å². The summed E-state index contributed by atoms with van der Waals surface area (Å²) in [5.41, 5.74) is -6.41. The highest BCUT2D eigenvalue weighted by atomic mass is 16.3. The first-order chi connectivity index (χ1) is 37.8. The summed E-state index contributed by atoms with van der Waals surface area (Å²) >= 11 is 0. The van der Waals surface area contributed by atoms with Gasteiger partial charge < -0.3 is 4.42 Å². The molecule has 0 saturated heterocycles. The van der Waals surface area contributed by atoms with Gasteiger partial charge in [-0.05, 0) is 93.9 Å². The van der Waals surface area contributed by atoms with Crippen molar-refractivity contribution in [1.82, 2.24) is 0 Å². The molecule has 0 spiro atoms. The van der Waals surface area contributed by atoms with Gasteiger partial charge in [0, 0.05) is 16.2 Å². The van der Waals surface area contributed by atoms with Crippen molar-refractivity contribution in [3.63, 3.8) is 0 Å². The van der Waals surface area contributed by atoms with Crippen molar-refractivity contribution < 1.29 is 45.5 Å². The van der Waals surface area contributed by atoms with Crippen LogP contribution in [0.4, 0.5) is 0 Å². The topological polar surface area (TPSA) is 13.1 Å². The normalized spacial score (nSPS) is 20.2. The standard InChI is InChI=1S/C50H30O/c1-4-17-34-31(13-1)16-11-24-37(34)46-38-20-7-9-22-41(38)49(42-23-10-8-21-39(42)46)48-35-18-5-2-14-32(35)27-29-43(48)40-25-12-26-45-47(40)44-30-28-33-15-3-6-19-36(33)50(44)51-45/h1-30H/i1D,2D,3D,4D,5D,6D,7D,8D,9D,10D,11D,12D,13D,14D,15D,16D,17D,18D,19D,20D,21D,22D,23D,24D,25D,26D,27D,28D,29D,30D. The zero-order valence-corrected chi connectivity index (χ0v) is 25.4. The van der Waals surface area contributed by atoms with Gasteiger partial charge in [0.2, 0.25) is 0 Å². The largest absolute Gasteiger partial charge is 0.455 e. The first kappa shape index (κ1) is 11.7. The number of furan rings is 1. The summed E-state index contributed by atoms with van der Waals surface area (Å²) < 4.78 is 282. The summed E-state index contributed by atoms with van der Waals surface area (Å²) in [6.45, 7) is 0. The summed E-state index contributed by atoms with van der Waals surface area (Å²) in [6.07, 6.45) is 0. The molecule has 0 aliphatic heterocycles. The van der Waals surface area contributed by atoms with Crippen LogP contribution in [0.15, 0.2) is 186 Å². The fourth-order valence-corrected chi connectivity index (χ4v) is 6.62. The van der Waals surface area contributed by atoms with Crippen molar-refractivity contribution in [2.45, 2.75) is 0 Å². The van der Waals surface area contributed by atoms with Gasteiger partial charge in [-0.25, -0.2) is 0 Å². The van der Waals surface area contributed by atoms with Gasteiger partial charge >= 0.3 is 0 Å². The summed E-state index contributed by atoms with van der Waals surface area (Å²) in [4.78, 5) is 0. The second-order valence-corrected chi connectivity index (χ2v) is 11.3. The Hall–Kier alpha value is -6.70. The average molecular weight is 677 g/mol. The van der Waals surface area contributed by atoms with Crippen molar-refractivity contribution in [2.24, 2.45) is 0 Å². The molecule has 0 aliphatic rings. The third-order valence-corrected chi connectivity index (χ3v) is 8.69. The van der Waals surface area contributed by atoms with Gasteiger partial charge in [0.15, 0.2) is 0 Å². The minimum Gasteiger partial charge on any atom is -0.455 e. The highest BCUT2D eigenvalue weighted by molar-refractivity contribution is 6.28. The van der Waals surface area contributed by atoms with Crippen molar-refractivity contribution in [3.05, 3.63) is 181 Å². The third-order valence-electron chi connectivity index (χ3n) is 8.69. The van der Waals surface area contributed by atoms with Gasteiger partial charge in [0.05, 0.1) is 41.1 Å². The molecular weight excluding hydrogens is 617 g/mol. The van der Waals surface area contributed by atoms with E-state index in [0.717, 1.165) is 0 Å².